The molecule has 0 fully saturated rings. The van der Waals surface area contributed by atoms with Gasteiger partial charge in [0, 0.05) is 6.20 Å². The molecule has 0 bridgehead atoms. The van der Waals surface area contributed by atoms with Crippen LogP contribution in [0.1, 0.15) is 24.1 Å². The van der Waals surface area contributed by atoms with Crippen molar-refractivity contribution in [3.63, 3.8) is 0 Å². The lowest BCUT2D eigenvalue weighted by Crippen LogP contribution is -2.28. The SMILES string of the molecule is C=CCCC(O)(c1ccccc1)c1ccccn1. The van der Waals surface area contributed by atoms with Gasteiger partial charge in [-0.15, -0.1) is 6.58 Å². The Bertz CT molecular complexity index is 454. The molecule has 1 unspecified atom stereocenters. The van der Waals surface area contributed by atoms with Crippen molar-refractivity contribution in [2.24, 2.45) is 0 Å². The molecule has 0 radical (unpaired) electrons. The van der Waals surface area contributed by atoms with E-state index < -0.39 is 5.60 Å². The summed E-state index contributed by atoms with van der Waals surface area (Å²) in [5, 5.41) is 11.0. The fourth-order valence-corrected chi connectivity index (χ4v) is 2.05. The van der Waals surface area contributed by atoms with E-state index >= 15 is 0 Å². The summed E-state index contributed by atoms with van der Waals surface area (Å²) in [5.41, 5.74) is 0.500. The van der Waals surface area contributed by atoms with Crippen molar-refractivity contribution in [1.82, 2.24) is 4.98 Å². The first-order chi connectivity index (χ1) is 8.77. The smallest absolute Gasteiger partial charge is 0.132 e. The molecule has 0 spiro atoms. The van der Waals surface area contributed by atoms with Crippen molar-refractivity contribution in [3.8, 4) is 0 Å². The summed E-state index contributed by atoms with van der Waals surface area (Å²) in [7, 11) is 0. The van der Waals surface area contributed by atoms with Crippen LogP contribution < -0.4 is 0 Å². The van der Waals surface area contributed by atoms with Gasteiger partial charge in [-0.2, -0.15) is 0 Å². The summed E-state index contributed by atoms with van der Waals surface area (Å²) in [6.45, 7) is 3.72. The third kappa shape index (κ3) is 2.49. The van der Waals surface area contributed by atoms with Crippen molar-refractivity contribution in [3.05, 3.63) is 78.6 Å². The average Bonchev–Trinajstić information content (AvgIpc) is 2.46. The lowest BCUT2D eigenvalue weighted by atomic mass is 9.85. The third-order valence-corrected chi connectivity index (χ3v) is 3.05. The lowest BCUT2D eigenvalue weighted by Gasteiger charge is -2.27. The zero-order valence-electron chi connectivity index (χ0n) is 10.3. The Morgan fingerprint density at radius 1 is 1.11 bits per heavy atom. The van der Waals surface area contributed by atoms with E-state index in [0.717, 1.165) is 12.0 Å². The highest BCUT2D eigenvalue weighted by Gasteiger charge is 2.31. The molecule has 2 rings (SSSR count). The maximum Gasteiger partial charge on any atom is 0.132 e. The summed E-state index contributed by atoms with van der Waals surface area (Å²) in [6.07, 6.45) is 4.84. The Labute approximate surface area is 108 Å². The van der Waals surface area contributed by atoms with Crippen LogP contribution in [0.15, 0.2) is 67.4 Å². The molecule has 2 aromatic rings. The summed E-state index contributed by atoms with van der Waals surface area (Å²) in [6, 6.07) is 15.3. The highest BCUT2D eigenvalue weighted by Crippen LogP contribution is 2.32. The molecule has 1 heterocycles. The summed E-state index contributed by atoms with van der Waals surface area (Å²) in [5.74, 6) is 0. The molecule has 0 amide bonds. The fourth-order valence-electron chi connectivity index (χ4n) is 2.05. The summed E-state index contributed by atoms with van der Waals surface area (Å²) >= 11 is 0. The second-order valence-electron chi connectivity index (χ2n) is 4.27. The monoisotopic (exact) mass is 239 g/mol. The van der Waals surface area contributed by atoms with E-state index in [0.29, 0.717) is 12.1 Å². The van der Waals surface area contributed by atoms with Crippen LogP contribution in [-0.4, -0.2) is 10.1 Å². The van der Waals surface area contributed by atoms with Crippen LogP contribution >= 0.6 is 0 Å². The van der Waals surface area contributed by atoms with Crippen molar-refractivity contribution in [2.45, 2.75) is 18.4 Å². The number of nitrogens with zero attached hydrogens (tertiary/aromatic N) is 1. The number of benzene rings is 1. The Balaban J connectivity index is 2.44. The van der Waals surface area contributed by atoms with Gasteiger partial charge in [0.15, 0.2) is 0 Å². The van der Waals surface area contributed by atoms with Crippen molar-refractivity contribution in [2.75, 3.05) is 0 Å². The van der Waals surface area contributed by atoms with Crippen LogP contribution in [0.5, 0.6) is 0 Å². The average molecular weight is 239 g/mol. The van der Waals surface area contributed by atoms with E-state index in [4.69, 9.17) is 0 Å². The van der Waals surface area contributed by atoms with Gasteiger partial charge in [0.1, 0.15) is 5.60 Å². The van der Waals surface area contributed by atoms with Crippen molar-refractivity contribution < 1.29 is 5.11 Å². The lowest BCUT2D eigenvalue weighted by molar-refractivity contribution is 0.0675. The zero-order valence-corrected chi connectivity index (χ0v) is 10.3. The number of allylic oxidation sites excluding steroid dienone is 1. The van der Waals surface area contributed by atoms with Crippen molar-refractivity contribution >= 4 is 0 Å². The molecule has 1 aromatic carbocycles. The molecule has 18 heavy (non-hydrogen) atoms. The van der Waals surface area contributed by atoms with E-state index in [1.165, 1.54) is 0 Å². The fraction of sp³-hybridized carbons (Fsp3) is 0.188. The molecule has 0 aliphatic rings. The quantitative estimate of drug-likeness (QED) is 0.812. The third-order valence-electron chi connectivity index (χ3n) is 3.05. The van der Waals surface area contributed by atoms with E-state index in [2.05, 4.69) is 11.6 Å². The molecule has 2 heteroatoms. The molecule has 0 aliphatic carbocycles. The highest BCUT2D eigenvalue weighted by atomic mass is 16.3. The highest BCUT2D eigenvalue weighted by molar-refractivity contribution is 5.32. The predicted molar refractivity (Wildman–Crippen MR) is 73.1 cm³/mol. The molecular weight excluding hydrogens is 222 g/mol. The standard InChI is InChI=1S/C16H17NO/c1-2-3-12-16(18,14-9-5-4-6-10-14)15-11-7-8-13-17-15/h2,4-11,13,18H,1,3,12H2. The molecule has 0 saturated carbocycles. The number of rotatable bonds is 5. The number of aliphatic hydroxyl groups is 1. The summed E-state index contributed by atoms with van der Waals surface area (Å²) in [4.78, 5) is 4.30. The first kappa shape index (κ1) is 12.5. The first-order valence-electron chi connectivity index (χ1n) is 6.07. The Kier molecular flexibility index (Phi) is 3.90. The Morgan fingerprint density at radius 3 is 2.44 bits per heavy atom. The molecular formula is C16H17NO. The number of aromatic nitrogens is 1. The van der Waals surface area contributed by atoms with E-state index in [1.807, 2.05) is 54.6 Å². The molecule has 0 aliphatic heterocycles. The minimum atomic E-state index is -1.04. The van der Waals surface area contributed by atoms with Gasteiger partial charge in [-0.3, -0.25) is 4.98 Å². The topological polar surface area (TPSA) is 33.1 Å². The maximum absolute atomic E-state index is 11.0. The van der Waals surface area contributed by atoms with Crippen LogP contribution in [0.4, 0.5) is 0 Å². The van der Waals surface area contributed by atoms with Gasteiger partial charge >= 0.3 is 0 Å². The van der Waals surface area contributed by atoms with Crippen LogP contribution in [0.3, 0.4) is 0 Å². The molecule has 1 atom stereocenters. The Hall–Kier alpha value is -1.93. The number of hydrogen-bond acceptors (Lipinski definition) is 2. The van der Waals surface area contributed by atoms with Gasteiger partial charge in [0.2, 0.25) is 0 Å². The molecule has 92 valence electrons. The van der Waals surface area contributed by atoms with E-state index in [9.17, 15) is 5.11 Å². The second kappa shape index (κ2) is 5.61. The van der Waals surface area contributed by atoms with Gasteiger partial charge < -0.3 is 5.11 Å². The van der Waals surface area contributed by atoms with Crippen molar-refractivity contribution in [1.29, 1.82) is 0 Å². The van der Waals surface area contributed by atoms with Gasteiger partial charge in [0.25, 0.3) is 0 Å². The number of hydrogen-bond donors (Lipinski definition) is 1. The summed E-state index contributed by atoms with van der Waals surface area (Å²) < 4.78 is 0. The van der Waals surface area contributed by atoms with Gasteiger partial charge in [-0.05, 0) is 30.5 Å². The first-order valence-corrected chi connectivity index (χ1v) is 6.07. The molecule has 1 aromatic heterocycles. The maximum atomic E-state index is 11.0. The van der Waals surface area contributed by atoms with Gasteiger partial charge in [0.05, 0.1) is 5.69 Å². The predicted octanol–water partition coefficient (Wildman–Crippen LogP) is 3.28. The van der Waals surface area contributed by atoms with Crippen LogP contribution in [0.2, 0.25) is 0 Å². The van der Waals surface area contributed by atoms with Crippen LogP contribution in [0, 0.1) is 0 Å². The normalized spacial score (nSPS) is 13.8. The molecule has 2 nitrogen and oxygen atoms in total. The van der Waals surface area contributed by atoms with E-state index in [1.54, 1.807) is 6.20 Å². The Morgan fingerprint density at radius 2 is 1.83 bits per heavy atom. The van der Waals surface area contributed by atoms with E-state index in [-0.39, 0.29) is 0 Å². The van der Waals surface area contributed by atoms with Gasteiger partial charge in [-0.25, -0.2) is 0 Å². The molecule has 1 N–H and O–H groups in total. The number of pyridine rings is 1. The van der Waals surface area contributed by atoms with Crippen LogP contribution in [0.25, 0.3) is 0 Å². The van der Waals surface area contributed by atoms with Gasteiger partial charge in [-0.1, -0.05) is 42.5 Å². The second-order valence-corrected chi connectivity index (χ2v) is 4.27. The largest absolute Gasteiger partial charge is 0.379 e. The minimum Gasteiger partial charge on any atom is -0.379 e. The minimum absolute atomic E-state index is 0.581. The zero-order chi connectivity index (χ0) is 12.8. The molecule has 0 saturated heterocycles. The van der Waals surface area contributed by atoms with Crippen LogP contribution in [-0.2, 0) is 5.60 Å².